The number of aromatic amines is 1. The van der Waals surface area contributed by atoms with Gasteiger partial charge in [0.2, 0.25) is 0 Å². The summed E-state index contributed by atoms with van der Waals surface area (Å²) in [6.07, 6.45) is -1.08. The van der Waals surface area contributed by atoms with Gasteiger partial charge in [0.05, 0.1) is 12.2 Å². The van der Waals surface area contributed by atoms with E-state index < -0.39 is 18.0 Å². The zero-order chi connectivity index (χ0) is 15.2. The van der Waals surface area contributed by atoms with Crippen LogP contribution in [0, 0.1) is 0 Å². The van der Waals surface area contributed by atoms with Crippen molar-refractivity contribution in [3.05, 3.63) is 42.1 Å². The standard InChI is InChI=1S/C14H15N3O4/c1-21-12(14(19)20)8-15-13(18)11-7-10(16-17-11)9-5-3-2-4-6-9/h2-7,12H,8H2,1H3,(H,15,18)(H,16,17)(H,19,20). The maximum Gasteiger partial charge on any atom is 0.334 e. The Hall–Kier alpha value is -2.67. The summed E-state index contributed by atoms with van der Waals surface area (Å²) in [5, 5.41) is 18.0. The topological polar surface area (TPSA) is 104 Å². The summed E-state index contributed by atoms with van der Waals surface area (Å²) in [5.41, 5.74) is 1.78. The van der Waals surface area contributed by atoms with Crippen LogP contribution in [0.3, 0.4) is 0 Å². The van der Waals surface area contributed by atoms with E-state index in [1.54, 1.807) is 6.07 Å². The summed E-state index contributed by atoms with van der Waals surface area (Å²) in [6.45, 7) is -0.121. The molecule has 110 valence electrons. The van der Waals surface area contributed by atoms with E-state index >= 15 is 0 Å². The van der Waals surface area contributed by atoms with E-state index in [9.17, 15) is 9.59 Å². The zero-order valence-electron chi connectivity index (χ0n) is 11.4. The third-order valence-corrected chi connectivity index (χ3v) is 2.90. The fourth-order valence-corrected chi connectivity index (χ4v) is 1.75. The van der Waals surface area contributed by atoms with Crippen LogP contribution in [0.15, 0.2) is 36.4 Å². The molecule has 21 heavy (non-hydrogen) atoms. The van der Waals surface area contributed by atoms with E-state index in [-0.39, 0.29) is 12.2 Å². The number of methoxy groups -OCH3 is 1. The third-order valence-electron chi connectivity index (χ3n) is 2.90. The fraction of sp³-hybridized carbons (Fsp3) is 0.214. The van der Waals surface area contributed by atoms with Gasteiger partial charge in [-0.05, 0) is 6.07 Å². The van der Waals surface area contributed by atoms with E-state index in [2.05, 4.69) is 15.5 Å². The molecule has 0 saturated carbocycles. The van der Waals surface area contributed by atoms with Gasteiger partial charge in [-0.3, -0.25) is 9.89 Å². The molecule has 0 radical (unpaired) electrons. The van der Waals surface area contributed by atoms with Gasteiger partial charge in [0.25, 0.3) is 5.91 Å². The summed E-state index contributed by atoms with van der Waals surface area (Å²) in [7, 11) is 1.27. The highest BCUT2D eigenvalue weighted by atomic mass is 16.5. The second-order valence-corrected chi connectivity index (χ2v) is 4.31. The number of hydrogen-bond acceptors (Lipinski definition) is 4. The molecule has 1 unspecified atom stereocenters. The Bertz CT molecular complexity index is 624. The largest absolute Gasteiger partial charge is 0.479 e. The van der Waals surface area contributed by atoms with Crippen molar-refractivity contribution in [3.8, 4) is 11.3 Å². The molecule has 7 nitrogen and oxygen atoms in total. The summed E-state index contributed by atoms with van der Waals surface area (Å²) < 4.78 is 4.73. The van der Waals surface area contributed by atoms with Gasteiger partial charge in [0.1, 0.15) is 5.69 Å². The minimum absolute atomic E-state index is 0.121. The number of amides is 1. The minimum Gasteiger partial charge on any atom is -0.479 e. The lowest BCUT2D eigenvalue weighted by molar-refractivity contribution is -0.148. The molecule has 3 N–H and O–H groups in total. The maximum absolute atomic E-state index is 11.9. The number of aromatic nitrogens is 2. The van der Waals surface area contributed by atoms with Gasteiger partial charge >= 0.3 is 5.97 Å². The Labute approximate surface area is 120 Å². The quantitative estimate of drug-likeness (QED) is 0.733. The maximum atomic E-state index is 11.9. The first-order chi connectivity index (χ1) is 10.1. The number of H-pyrrole nitrogens is 1. The van der Waals surface area contributed by atoms with Gasteiger partial charge in [0.15, 0.2) is 6.10 Å². The Balaban J connectivity index is 2.01. The van der Waals surface area contributed by atoms with Crippen molar-refractivity contribution in [1.29, 1.82) is 0 Å². The molecule has 0 fully saturated rings. The molecule has 0 aliphatic carbocycles. The van der Waals surface area contributed by atoms with Gasteiger partial charge in [-0.2, -0.15) is 5.10 Å². The molecule has 2 rings (SSSR count). The Morgan fingerprint density at radius 3 is 2.71 bits per heavy atom. The monoisotopic (exact) mass is 289 g/mol. The first kappa shape index (κ1) is 14.7. The summed E-state index contributed by atoms with van der Waals surface area (Å²) in [6, 6.07) is 11.0. The highest BCUT2D eigenvalue weighted by Crippen LogP contribution is 2.16. The average Bonchev–Trinajstić information content (AvgIpc) is 2.98. The number of rotatable bonds is 6. The highest BCUT2D eigenvalue weighted by Gasteiger charge is 2.18. The van der Waals surface area contributed by atoms with E-state index in [1.165, 1.54) is 7.11 Å². The molecule has 1 aromatic heterocycles. The second kappa shape index (κ2) is 6.67. The molecule has 1 amide bonds. The van der Waals surface area contributed by atoms with Crippen LogP contribution in [0.25, 0.3) is 11.3 Å². The number of carbonyl (C=O) groups excluding carboxylic acids is 1. The first-order valence-corrected chi connectivity index (χ1v) is 6.26. The fourth-order valence-electron chi connectivity index (χ4n) is 1.75. The minimum atomic E-state index is -1.13. The molecule has 1 atom stereocenters. The Morgan fingerprint density at radius 2 is 2.10 bits per heavy atom. The van der Waals surface area contributed by atoms with Gasteiger partial charge in [-0.15, -0.1) is 0 Å². The SMILES string of the molecule is COC(CNC(=O)c1cc(-c2ccccc2)n[nH]1)C(=O)O. The molecule has 0 saturated heterocycles. The molecular weight excluding hydrogens is 274 g/mol. The molecule has 7 heteroatoms. The first-order valence-electron chi connectivity index (χ1n) is 6.26. The molecular formula is C14H15N3O4. The van der Waals surface area contributed by atoms with Crippen LogP contribution in [0.5, 0.6) is 0 Å². The lowest BCUT2D eigenvalue weighted by Crippen LogP contribution is -2.37. The van der Waals surface area contributed by atoms with Crippen LogP contribution in [0.4, 0.5) is 0 Å². The number of carboxylic acids is 1. The lowest BCUT2D eigenvalue weighted by atomic mass is 10.1. The molecule has 0 spiro atoms. The Kier molecular flexibility index (Phi) is 4.68. The van der Waals surface area contributed by atoms with E-state index in [0.717, 1.165) is 5.56 Å². The molecule has 1 heterocycles. The van der Waals surface area contributed by atoms with Crippen LogP contribution in [-0.4, -0.2) is 46.9 Å². The predicted molar refractivity (Wildman–Crippen MR) is 74.8 cm³/mol. The second-order valence-electron chi connectivity index (χ2n) is 4.31. The van der Waals surface area contributed by atoms with Gasteiger partial charge < -0.3 is 15.2 Å². The van der Waals surface area contributed by atoms with Gasteiger partial charge in [-0.1, -0.05) is 30.3 Å². The summed E-state index contributed by atoms with van der Waals surface area (Å²) in [4.78, 5) is 22.7. The average molecular weight is 289 g/mol. The number of benzene rings is 1. The van der Waals surface area contributed by atoms with Crippen LogP contribution >= 0.6 is 0 Å². The summed E-state index contributed by atoms with van der Waals surface area (Å²) in [5.74, 6) is -1.57. The van der Waals surface area contributed by atoms with Crippen molar-refractivity contribution < 1.29 is 19.4 Å². The number of ether oxygens (including phenoxy) is 1. The van der Waals surface area contributed by atoms with Crippen molar-refractivity contribution >= 4 is 11.9 Å². The van der Waals surface area contributed by atoms with Crippen LogP contribution in [0.1, 0.15) is 10.5 Å². The predicted octanol–water partition coefficient (Wildman–Crippen LogP) is 0.906. The van der Waals surface area contributed by atoms with Crippen LogP contribution < -0.4 is 5.32 Å². The van der Waals surface area contributed by atoms with Crippen LogP contribution in [-0.2, 0) is 9.53 Å². The van der Waals surface area contributed by atoms with Crippen molar-refractivity contribution in [2.75, 3.05) is 13.7 Å². The highest BCUT2D eigenvalue weighted by molar-refractivity contribution is 5.93. The number of carboxylic acid groups (broad SMARTS) is 1. The number of hydrogen-bond donors (Lipinski definition) is 3. The van der Waals surface area contributed by atoms with Crippen molar-refractivity contribution in [2.45, 2.75) is 6.10 Å². The zero-order valence-corrected chi connectivity index (χ0v) is 11.4. The number of aliphatic carboxylic acids is 1. The van der Waals surface area contributed by atoms with Crippen LogP contribution in [0.2, 0.25) is 0 Å². The summed E-state index contributed by atoms with van der Waals surface area (Å²) >= 11 is 0. The molecule has 2 aromatic rings. The lowest BCUT2D eigenvalue weighted by Gasteiger charge is -2.10. The molecule has 0 aliphatic heterocycles. The van der Waals surface area contributed by atoms with Gasteiger partial charge in [0, 0.05) is 12.7 Å². The number of nitrogens with zero attached hydrogens (tertiary/aromatic N) is 1. The van der Waals surface area contributed by atoms with E-state index in [4.69, 9.17) is 9.84 Å². The number of nitrogens with one attached hydrogen (secondary N) is 2. The van der Waals surface area contributed by atoms with E-state index in [0.29, 0.717) is 5.69 Å². The van der Waals surface area contributed by atoms with Gasteiger partial charge in [-0.25, -0.2) is 4.79 Å². The van der Waals surface area contributed by atoms with E-state index in [1.807, 2.05) is 30.3 Å². The Morgan fingerprint density at radius 1 is 1.38 bits per heavy atom. The van der Waals surface area contributed by atoms with Crippen molar-refractivity contribution in [3.63, 3.8) is 0 Å². The number of carbonyl (C=O) groups is 2. The normalized spacial score (nSPS) is 11.9. The van der Waals surface area contributed by atoms with Crippen molar-refractivity contribution in [1.82, 2.24) is 15.5 Å². The molecule has 0 bridgehead atoms. The third kappa shape index (κ3) is 3.67. The molecule has 1 aromatic carbocycles. The smallest absolute Gasteiger partial charge is 0.334 e. The molecule has 0 aliphatic rings. The van der Waals surface area contributed by atoms with Crippen molar-refractivity contribution in [2.24, 2.45) is 0 Å².